The second kappa shape index (κ2) is 9.34. The molecule has 1 amide bonds. The van der Waals surface area contributed by atoms with E-state index in [1.807, 2.05) is 47.4 Å². The van der Waals surface area contributed by atoms with Gasteiger partial charge in [-0.2, -0.15) is 0 Å². The Morgan fingerprint density at radius 1 is 0.970 bits per heavy atom. The zero-order chi connectivity index (χ0) is 22.6. The number of rotatable bonds is 6. The van der Waals surface area contributed by atoms with Crippen molar-refractivity contribution >= 4 is 28.1 Å². The van der Waals surface area contributed by atoms with E-state index in [2.05, 4.69) is 5.32 Å². The third-order valence-electron chi connectivity index (χ3n) is 5.54. The van der Waals surface area contributed by atoms with Crippen LogP contribution in [0.5, 0.6) is 5.75 Å². The standard InChI is InChI=1S/C26H23FN2O4/c27-23-16-20(6-9-24(23)29-11-13-31-14-12-29)28-26(30)25-10-8-22(33-25)17-32-21-7-5-18-3-1-2-4-19(18)15-21/h1-10,15-16H,11-14,17H2,(H,28,30). The third kappa shape index (κ3) is 4.83. The first-order valence-electron chi connectivity index (χ1n) is 10.8. The van der Waals surface area contributed by atoms with Crippen LogP contribution in [0.2, 0.25) is 0 Å². The molecule has 0 radical (unpaired) electrons. The van der Waals surface area contributed by atoms with Crippen LogP contribution in [0.4, 0.5) is 15.8 Å². The van der Waals surface area contributed by atoms with Gasteiger partial charge in [0, 0.05) is 18.8 Å². The first kappa shape index (κ1) is 21.0. The second-order valence-corrected chi connectivity index (χ2v) is 7.78. The molecule has 1 fully saturated rings. The van der Waals surface area contributed by atoms with Gasteiger partial charge in [0.2, 0.25) is 0 Å². The maximum atomic E-state index is 14.6. The van der Waals surface area contributed by atoms with E-state index in [0.29, 0.717) is 49.2 Å². The Hall–Kier alpha value is -3.84. The van der Waals surface area contributed by atoms with E-state index in [-0.39, 0.29) is 12.4 Å². The van der Waals surface area contributed by atoms with Crippen LogP contribution >= 0.6 is 0 Å². The van der Waals surface area contributed by atoms with Gasteiger partial charge in [-0.25, -0.2) is 4.39 Å². The van der Waals surface area contributed by atoms with E-state index in [1.165, 1.54) is 6.07 Å². The third-order valence-corrected chi connectivity index (χ3v) is 5.54. The molecule has 2 heterocycles. The van der Waals surface area contributed by atoms with Crippen LogP contribution in [-0.2, 0) is 11.3 Å². The Kier molecular flexibility index (Phi) is 5.95. The fourth-order valence-electron chi connectivity index (χ4n) is 3.83. The van der Waals surface area contributed by atoms with Crippen LogP contribution in [-0.4, -0.2) is 32.2 Å². The molecule has 1 aliphatic heterocycles. The highest BCUT2D eigenvalue weighted by Crippen LogP contribution is 2.25. The van der Waals surface area contributed by atoms with Crippen LogP contribution in [0.1, 0.15) is 16.3 Å². The summed E-state index contributed by atoms with van der Waals surface area (Å²) in [6, 6.07) is 21.8. The minimum atomic E-state index is -0.453. The summed E-state index contributed by atoms with van der Waals surface area (Å²) in [4.78, 5) is 14.5. The number of nitrogens with one attached hydrogen (secondary N) is 1. The number of carbonyl (C=O) groups is 1. The van der Waals surface area contributed by atoms with Gasteiger partial charge in [-0.3, -0.25) is 4.79 Å². The molecule has 0 saturated carbocycles. The molecule has 1 aliphatic rings. The topological polar surface area (TPSA) is 63.9 Å². The monoisotopic (exact) mass is 446 g/mol. The molecule has 0 spiro atoms. The maximum Gasteiger partial charge on any atom is 0.291 e. The average molecular weight is 446 g/mol. The number of amides is 1. The molecule has 4 aromatic rings. The van der Waals surface area contributed by atoms with Crippen LogP contribution in [0.15, 0.2) is 77.2 Å². The summed E-state index contributed by atoms with van der Waals surface area (Å²) in [6.45, 7) is 2.61. The zero-order valence-electron chi connectivity index (χ0n) is 17.9. The number of morpholine rings is 1. The first-order chi connectivity index (χ1) is 16.2. The van der Waals surface area contributed by atoms with Crippen LogP contribution in [0, 0.1) is 5.82 Å². The Labute approximate surface area is 190 Å². The number of hydrogen-bond acceptors (Lipinski definition) is 5. The van der Waals surface area contributed by atoms with Crippen molar-refractivity contribution in [2.45, 2.75) is 6.61 Å². The van der Waals surface area contributed by atoms with Gasteiger partial charge in [0.15, 0.2) is 5.76 Å². The molecular weight excluding hydrogens is 423 g/mol. The van der Waals surface area contributed by atoms with Gasteiger partial charge in [-0.05, 0) is 53.2 Å². The molecule has 33 heavy (non-hydrogen) atoms. The SMILES string of the molecule is O=C(Nc1ccc(N2CCOCC2)c(F)c1)c1ccc(COc2ccc3ccccc3c2)o1. The van der Waals surface area contributed by atoms with Gasteiger partial charge in [0.05, 0.1) is 18.9 Å². The summed E-state index contributed by atoms with van der Waals surface area (Å²) in [5.41, 5.74) is 0.863. The highest BCUT2D eigenvalue weighted by atomic mass is 19.1. The van der Waals surface area contributed by atoms with Gasteiger partial charge in [-0.15, -0.1) is 0 Å². The summed E-state index contributed by atoms with van der Waals surface area (Å²) >= 11 is 0. The van der Waals surface area contributed by atoms with Crippen molar-refractivity contribution in [1.29, 1.82) is 0 Å². The van der Waals surface area contributed by atoms with Crippen molar-refractivity contribution < 1.29 is 23.1 Å². The average Bonchev–Trinajstić information content (AvgIpc) is 3.33. The van der Waals surface area contributed by atoms with E-state index in [4.69, 9.17) is 13.9 Å². The van der Waals surface area contributed by atoms with E-state index < -0.39 is 11.7 Å². The molecule has 1 aromatic heterocycles. The van der Waals surface area contributed by atoms with Gasteiger partial charge in [0.1, 0.15) is 23.9 Å². The van der Waals surface area contributed by atoms with Crippen molar-refractivity contribution in [2.75, 3.05) is 36.5 Å². The number of hydrogen-bond donors (Lipinski definition) is 1. The Morgan fingerprint density at radius 2 is 1.79 bits per heavy atom. The molecule has 0 aliphatic carbocycles. The summed E-state index contributed by atoms with van der Waals surface area (Å²) in [7, 11) is 0. The lowest BCUT2D eigenvalue weighted by Crippen LogP contribution is -2.36. The van der Waals surface area contributed by atoms with E-state index >= 15 is 0 Å². The molecule has 5 rings (SSSR count). The van der Waals surface area contributed by atoms with Crippen molar-refractivity contribution in [1.82, 2.24) is 0 Å². The quantitative estimate of drug-likeness (QED) is 0.439. The van der Waals surface area contributed by atoms with Crippen molar-refractivity contribution in [3.05, 3.63) is 90.1 Å². The lowest BCUT2D eigenvalue weighted by Gasteiger charge is -2.29. The van der Waals surface area contributed by atoms with Crippen LogP contribution in [0.25, 0.3) is 10.8 Å². The summed E-state index contributed by atoms with van der Waals surface area (Å²) in [5, 5.41) is 4.90. The van der Waals surface area contributed by atoms with Crippen molar-refractivity contribution in [2.24, 2.45) is 0 Å². The highest BCUT2D eigenvalue weighted by Gasteiger charge is 2.17. The normalized spacial score (nSPS) is 13.8. The van der Waals surface area contributed by atoms with Gasteiger partial charge >= 0.3 is 0 Å². The molecule has 6 nitrogen and oxygen atoms in total. The van der Waals surface area contributed by atoms with E-state index in [0.717, 1.165) is 10.8 Å². The molecule has 7 heteroatoms. The molecule has 3 aromatic carbocycles. The number of carbonyl (C=O) groups excluding carboxylic acids is 1. The van der Waals surface area contributed by atoms with Crippen LogP contribution < -0.4 is 15.0 Å². The number of anilines is 2. The fraction of sp³-hybridized carbons (Fsp3) is 0.192. The van der Waals surface area contributed by atoms with Crippen LogP contribution in [0.3, 0.4) is 0 Å². The zero-order valence-corrected chi connectivity index (χ0v) is 17.9. The number of fused-ring (bicyclic) bond motifs is 1. The Morgan fingerprint density at radius 3 is 2.61 bits per heavy atom. The fourth-order valence-corrected chi connectivity index (χ4v) is 3.83. The Balaban J connectivity index is 1.20. The predicted octanol–water partition coefficient (Wildman–Crippen LogP) is 5.24. The maximum absolute atomic E-state index is 14.6. The Bertz CT molecular complexity index is 1280. The van der Waals surface area contributed by atoms with Crippen molar-refractivity contribution in [3.8, 4) is 5.75 Å². The molecular formula is C26H23FN2O4. The van der Waals surface area contributed by atoms with Crippen molar-refractivity contribution in [3.63, 3.8) is 0 Å². The molecule has 1 saturated heterocycles. The number of ether oxygens (including phenoxy) is 2. The first-order valence-corrected chi connectivity index (χ1v) is 10.8. The number of benzene rings is 3. The minimum absolute atomic E-state index is 0.129. The van der Waals surface area contributed by atoms with E-state index in [1.54, 1.807) is 24.3 Å². The second-order valence-electron chi connectivity index (χ2n) is 7.78. The number of halogens is 1. The highest BCUT2D eigenvalue weighted by molar-refractivity contribution is 6.02. The molecule has 0 bridgehead atoms. The number of nitrogens with zero attached hydrogens (tertiary/aromatic N) is 1. The molecule has 0 unspecified atom stereocenters. The van der Waals surface area contributed by atoms with E-state index in [9.17, 15) is 9.18 Å². The molecule has 0 atom stereocenters. The van der Waals surface area contributed by atoms with Gasteiger partial charge < -0.3 is 24.1 Å². The van der Waals surface area contributed by atoms with Gasteiger partial charge in [0.25, 0.3) is 5.91 Å². The number of furan rings is 1. The molecule has 168 valence electrons. The lowest BCUT2D eigenvalue weighted by atomic mass is 10.1. The summed E-state index contributed by atoms with van der Waals surface area (Å²) in [5.74, 6) is 0.517. The summed E-state index contributed by atoms with van der Waals surface area (Å²) < 4.78 is 31.3. The molecule has 1 N–H and O–H groups in total. The minimum Gasteiger partial charge on any atom is -0.486 e. The lowest BCUT2D eigenvalue weighted by molar-refractivity contribution is 0.0992. The smallest absolute Gasteiger partial charge is 0.291 e. The largest absolute Gasteiger partial charge is 0.486 e. The summed E-state index contributed by atoms with van der Waals surface area (Å²) in [6.07, 6.45) is 0. The van der Waals surface area contributed by atoms with Gasteiger partial charge in [-0.1, -0.05) is 30.3 Å². The predicted molar refractivity (Wildman–Crippen MR) is 124 cm³/mol.